The topological polar surface area (TPSA) is 25.8 Å². The van der Waals surface area contributed by atoms with Crippen LogP contribution in [0.15, 0.2) is 0 Å². The summed E-state index contributed by atoms with van der Waals surface area (Å²) >= 11 is 6.09. The molecule has 0 aliphatic carbocycles. The van der Waals surface area contributed by atoms with E-state index in [2.05, 4.69) is 37.7 Å². The van der Waals surface area contributed by atoms with Gasteiger partial charge >= 0.3 is 0 Å². The van der Waals surface area contributed by atoms with Crippen molar-refractivity contribution in [1.82, 2.24) is 9.97 Å². The maximum Gasteiger partial charge on any atom is 0.136 e. The van der Waals surface area contributed by atoms with E-state index in [1.165, 1.54) is 0 Å². The van der Waals surface area contributed by atoms with Crippen molar-refractivity contribution in [3.63, 3.8) is 0 Å². The first-order chi connectivity index (χ1) is 6.36. The zero-order valence-electron chi connectivity index (χ0n) is 9.48. The molecule has 0 spiro atoms. The molecule has 0 bridgehead atoms. The van der Waals surface area contributed by atoms with Gasteiger partial charge in [-0.05, 0) is 13.3 Å². The third-order valence-electron chi connectivity index (χ3n) is 2.19. The summed E-state index contributed by atoms with van der Waals surface area (Å²) in [6, 6.07) is 0. The second-order valence-electron chi connectivity index (χ2n) is 4.51. The maximum absolute atomic E-state index is 6.09. The lowest BCUT2D eigenvalue weighted by Crippen LogP contribution is -2.17. The lowest BCUT2D eigenvalue weighted by Gasteiger charge is -2.18. The number of aromatic nitrogens is 2. The Labute approximate surface area is 90.7 Å². The Balaban J connectivity index is 3.28. The molecule has 0 saturated carbocycles. The minimum atomic E-state index is -0.0410. The predicted molar refractivity (Wildman–Crippen MR) is 59.9 cm³/mol. The van der Waals surface area contributed by atoms with Crippen LogP contribution in [0.2, 0.25) is 5.15 Å². The number of halogens is 1. The largest absolute Gasteiger partial charge is 0.237 e. The fraction of sp³-hybridized carbons (Fsp3) is 0.636. The van der Waals surface area contributed by atoms with E-state index < -0.39 is 0 Å². The van der Waals surface area contributed by atoms with E-state index in [9.17, 15) is 0 Å². The molecule has 1 aromatic rings. The van der Waals surface area contributed by atoms with E-state index in [4.69, 9.17) is 11.6 Å². The highest BCUT2D eigenvalue weighted by Gasteiger charge is 2.19. The van der Waals surface area contributed by atoms with Gasteiger partial charge in [-0.15, -0.1) is 0 Å². The van der Waals surface area contributed by atoms with Crippen molar-refractivity contribution in [2.75, 3.05) is 0 Å². The minimum absolute atomic E-state index is 0.0410. The van der Waals surface area contributed by atoms with Gasteiger partial charge in [-0.1, -0.05) is 39.3 Å². The summed E-state index contributed by atoms with van der Waals surface area (Å²) < 4.78 is 0. The molecule has 0 radical (unpaired) electrons. The van der Waals surface area contributed by atoms with E-state index >= 15 is 0 Å². The maximum atomic E-state index is 6.09. The second kappa shape index (κ2) is 3.85. The number of nitrogens with zero attached hydrogens (tertiary/aromatic N) is 2. The zero-order chi connectivity index (χ0) is 10.9. The monoisotopic (exact) mass is 212 g/mol. The quantitative estimate of drug-likeness (QED) is 0.668. The van der Waals surface area contributed by atoms with Crippen molar-refractivity contribution in [3.8, 4) is 0 Å². The minimum Gasteiger partial charge on any atom is -0.237 e. The molecule has 1 heterocycles. The Bertz CT molecular complexity index is 317. The highest BCUT2D eigenvalue weighted by molar-refractivity contribution is 6.30. The summed E-state index contributed by atoms with van der Waals surface area (Å²) in [6.07, 6.45) is 0.884. The fourth-order valence-electron chi connectivity index (χ4n) is 1.30. The van der Waals surface area contributed by atoms with Gasteiger partial charge in [0, 0.05) is 16.7 Å². The van der Waals surface area contributed by atoms with Gasteiger partial charge in [-0.2, -0.15) is 0 Å². The van der Waals surface area contributed by atoms with Gasteiger partial charge in [-0.3, -0.25) is 0 Å². The molecule has 0 aromatic carbocycles. The molecule has 0 aliphatic rings. The van der Waals surface area contributed by atoms with E-state index in [0.717, 1.165) is 23.5 Å². The van der Waals surface area contributed by atoms with Crippen LogP contribution in [-0.4, -0.2) is 9.97 Å². The predicted octanol–water partition coefficient (Wildman–Crippen LogP) is 3.30. The van der Waals surface area contributed by atoms with Gasteiger partial charge in [0.05, 0.1) is 0 Å². The average Bonchev–Trinajstić information content (AvgIpc) is 2.01. The van der Waals surface area contributed by atoms with Crippen LogP contribution >= 0.6 is 11.6 Å². The highest BCUT2D eigenvalue weighted by Crippen LogP contribution is 2.23. The average molecular weight is 213 g/mol. The SMILES string of the molecule is CCc1c(C)nc(C(C)(C)C)nc1Cl. The Morgan fingerprint density at radius 1 is 1.21 bits per heavy atom. The van der Waals surface area contributed by atoms with Gasteiger partial charge in [0.15, 0.2) is 0 Å². The molecule has 1 rings (SSSR count). The number of aryl methyl sites for hydroxylation is 1. The summed E-state index contributed by atoms with van der Waals surface area (Å²) in [6.45, 7) is 10.3. The summed E-state index contributed by atoms with van der Waals surface area (Å²) in [5.41, 5.74) is 2.01. The third-order valence-corrected chi connectivity index (χ3v) is 2.50. The molecule has 3 heteroatoms. The molecule has 0 N–H and O–H groups in total. The standard InChI is InChI=1S/C11H17ClN2/c1-6-8-7(2)13-10(11(3,4)5)14-9(8)12/h6H2,1-5H3. The first kappa shape index (κ1) is 11.4. The van der Waals surface area contributed by atoms with Gasteiger partial charge in [0.25, 0.3) is 0 Å². The summed E-state index contributed by atoms with van der Waals surface area (Å²) in [5.74, 6) is 0.817. The van der Waals surface area contributed by atoms with Crippen LogP contribution in [0.1, 0.15) is 44.8 Å². The molecule has 14 heavy (non-hydrogen) atoms. The van der Waals surface area contributed by atoms with Crippen molar-refractivity contribution in [2.45, 2.75) is 46.5 Å². The van der Waals surface area contributed by atoms with Gasteiger partial charge < -0.3 is 0 Å². The molecular weight excluding hydrogens is 196 g/mol. The number of hydrogen-bond acceptors (Lipinski definition) is 2. The van der Waals surface area contributed by atoms with Gasteiger partial charge in [0.1, 0.15) is 11.0 Å². The second-order valence-corrected chi connectivity index (χ2v) is 4.86. The van der Waals surface area contributed by atoms with Crippen LogP contribution in [-0.2, 0) is 11.8 Å². The molecule has 0 unspecified atom stereocenters. The van der Waals surface area contributed by atoms with Crippen LogP contribution < -0.4 is 0 Å². The zero-order valence-corrected chi connectivity index (χ0v) is 10.2. The van der Waals surface area contributed by atoms with Crippen LogP contribution in [0.3, 0.4) is 0 Å². The molecule has 0 atom stereocenters. The van der Waals surface area contributed by atoms with Gasteiger partial charge in [-0.25, -0.2) is 9.97 Å². The van der Waals surface area contributed by atoms with Crippen molar-refractivity contribution in [1.29, 1.82) is 0 Å². The molecule has 0 amide bonds. The first-order valence-corrected chi connectivity index (χ1v) is 5.27. The summed E-state index contributed by atoms with van der Waals surface area (Å²) in [4.78, 5) is 8.81. The van der Waals surface area contributed by atoms with Crippen molar-refractivity contribution in [2.24, 2.45) is 0 Å². The van der Waals surface area contributed by atoms with Crippen LogP contribution in [0.5, 0.6) is 0 Å². The molecule has 2 nitrogen and oxygen atoms in total. The molecular formula is C11H17ClN2. The Morgan fingerprint density at radius 2 is 1.79 bits per heavy atom. The lowest BCUT2D eigenvalue weighted by atomic mass is 9.95. The Hall–Kier alpha value is -0.630. The van der Waals surface area contributed by atoms with E-state index in [1.807, 2.05) is 6.92 Å². The summed E-state index contributed by atoms with van der Waals surface area (Å²) in [7, 11) is 0. The van der Waals surface area contributed by atoms with Gasteiger partial charge in [0.2, 0.25) is 0 Å². The van der Waals surface area contributed by atoms with Crippen molar-refractivity contribution >= 4 is 11.6 Å². The van der Waals surface area contributed by atoms with Crippen molar-refractivity contribution < 1.29 is 0 Å². The first-order valence-electron chi connectivity index (χ1n) is 4.89. The molecule has 0 aliphatic heterocycles. The molecule has 0 fully saturated rings. The normalized spacial score (nSPS) is 11.9. The molecule has 0 saturated heterocycles. The Kier molecular flexibility index (Phi) is 3.15. The molecule has 1 aromatic heterocycles. The van der Waals surface area contributed by atoms with E-state index in [-0.39, 0.29) is 5.41 Å². The third kappa shape index (κ3) is 2.24. The Morgan fingerprint density at radius 3 is 2.14 bits per heavy atom. The van der Waals surface area contributed by atoms with E-state index in [1.54, 1.807) is 0 Å². The number of hydrogen-bond donors (Lipinski definition) is 0. The van der Waals surface area contributed by atoms with Crippen LogP contribution in [0.4, 0.5) is 0 Å². The lowest BCUT2D eigenvalue weighted by molar-refractivity contribution is 0.541. The summed E-state index contributed by atoms with van der Waals surface area (Å²) in [5, 5.41) is 0.602. The highest BCUT2D eigenvalue weighted by atomic mass is 35.5. The smallest absolute Gasteiger partial charge is 0.136 e. The van der Waals surface area contributed by atoms with Crippen molar-refractivity contribution in [3.05, 3.63) is 22.2 Å². The number of rotatable bonds is 1. The van der Waals surface area contributed by atoms with E-state index in [0.29, 0.717) is 5.15 Å². The molecule has 78 valence electrons. The fourth-order valence-corrected chi connectivity index (χ4v) is 1.65. The van der Waals surface area contributed by atoms with Crippen LogP contribution in [0, 0.1) is 6.92 Å². The van der Waals surface area contributed by atoms with Crippen LogP contribution in [0.25, 0.3) is 0 Å².